The fraction of sp³-hybridized carbons (Fsp3) is 0.889. The largest absolute Gasteiger partial charge is 0.459 e. The molecule has 298 valence electrons. The van der Waals surface area contributed by atoms with Crippen molar-refractivity contribution in [3.8, 4) is 0 Å². The van der Waals surface area contributed by atoms with Crippen molar-refractivity contribution in [2.45, 2.75) is 83.7 Å². The molecule has 0 aliphatic carbocycles. The third-order valence-corrected chi connectivity index (χ3v) is 6.22. The molecule has 0 aromatic carbocycles. The Labute approximate surface area is 261 Å². The molecular weight excluding hydrogens is 816 g/mol. The minimum Gasteiger partial charge on any atom is -0.459 e. The van der Waals surface area contributed by atoms with E-state index in [0.29, 0.717) is 0 Å². The zero-order chi connectivity index (χ0) is 40.5. The van der Waals surface area contributed by atoms with Crippen LogP contribution in [0.25, 0.3) is 0 Å². The Kier molecular flexibility index (Phi) is 14.1. The lowest BCUT2D eigenvalue weighted by Gasteiger charge is -2.39. The van der Waals surface area contributed by atoms with Crippen molar-refractivity contribution >= 4 is 24.0 Å². The molecule has 50 heavy (non-hydrogen) atoms. The molecular formula is C18H10F24O7S. The Morgan fingerprint density at radius 1 is 0.520 bits per heavy atom. The van der Waals surface area contributed by atoms with Crippen LogP contribution >= 0.6 is 12.0 Å². The molecule has 0 fully saturated rings. The standard InChI is InChI=1S/C18H10F24O7S/c19-7(20)11(27,28)15(35,36)17(39,40)13(31,32)9(23,24)2-46-5(43)1-4(50-49-48-45)6(44)47-3-10(25,26)14(33,34)18(41,42)16(37,38)12(29,30)8(21)22/h4,7-8,45H,1-3H2. The topological polar surface area (TPSA) is 91.3 Å². The monoisotopic (exact) mass is 826 g/mol. The summed E-state index contributed by atoms with van der Waals surface area (Å²) in [6.07, 6.45) is -14.1. The Morgan fingerprint density at radius 3 is 1.14 bits per heavy atom. The number of hydrogen-bond donors (Lipinski definition) is 1. The van der Waals surface area contributed by atoms with Crippen molar-refractivity contribution in [1.82, 2.24) is 0 Å². The van der Waals surface area contributed by atoms with Crippen molar-refractivity contribution < 1.29 is 139 Å². The van der Waals surface area contributed by atoms with Gasteiger partial charge >= 0.3 is 84.0 Å². The van der Waals surface area contributed by atoms with Gasteiger partial charge in [0.05, 0.1) is 18.5 Å². The predicted molar refractivity (Wildman–Crippen MR) is 104 cm³/mol. The van der Waals surface area contributed by atoms with Crippen molar-refractivity contribution in [2.75, 3.05) is 13.2 Å². The van der Waals surface area contributed by atoms with Crippen LogP contribution in [0.3, 0.4) is 0 Å². The number of esters is 2. The summed E-state index contributed by atoms with van der Waals surface area (Å²) in [5, 5.41) is 7.61. The van der Waals surface area contributed by atoms with Crippen LogP contribution in [0.4, 0.5) is 105 Å². The van der Waals surface area contributed by atoms with E-state index in [1.54, 1.807) is 0 Å². The molecule has 0 saturated heterocycles. The number of carbonyl (C=O) groups excluding carboxylic acids is 2. The molecule has 7 nitrogen and oxygen atoms in total. The summed E-state index contributed by atoms with van der Waals surface area (Å²) in [7, 11) is 0. The zero-order valence-corrected chi connectivity index (χ0v) is 23.0. The van der Waals surface area contributed by atoms with Gasteiger partial charge in [0.1, 0.15) is 5.25 Å². The lowest BCUT2D eigenvalue weighted by atomic mass is 9.94. The van der Waals surface area contributed by atoms with E-state index in [-0.39, 0.29) is 0 Å². The van der Waals surface area contributed by atoms with E-state index in [9.17, 15) is 115 Å². The van der Waals surface area contributed by atoms with Gasteiger partial charge in [0.15, 0.2) is 13.2 Å². The molecule has 32 heteroatoms. The van der Waals surface area contributed by atoms with E-state index < -0.39 is 121 Å². The molecule has 0 radical (unpaired) electrons. The van der Waals surface area contributed by atoms with Crippen LogP contribution in [0, 0.1) is 0 Å². The Morgan fingerprint density at radius 2 is 0.840 bits per heavy atom. The highest BCUT2D eigenvalue weighted by Gasteiger charge is 2.89. The third-order valence-electron chi connectivity index (χ3n) is 5.49. The van der Waals surface area contributed by atoms with Crippen molar-refractivity contribution in [1.29, 1.82) is 0 Å². The molecule has 1 atom stereocenters. The number of hydrogen-bond acceptors (Lipinski definition) is 8. The van der Waals surface area contributed by atoms with Gasteiger partial charge < -0.3 is 9.47 Å². The van der Waals surface area contributed by atoms with Crippen LogP contribution in [-0.4, -0.2) is 108 Å². The highest BCUT2D eigenvalue weighted by molar-refractivity contribution is 7.95. The van der Waals surface area contributed by atoms with Crippen LogP contribution in [0.1, 0.15) is 6.42 Å². The van der Waals surface area contributed by atoms with Crippen LogP contribution in [0.2, 0.25) is 0 Å². The van der Waals surface area contributed by atoms with Crippen LogP contribution in [0.5, 0.6) is 0 Å². The summed E-state index contributed by atoms with van der Waals surface area (Å²) < 4.78 is 326. The summed E-state index contributed by atoms with van der Waals surface area (Å²) in [5.74, 6) is -82.4. The second-order valence-corrected chi connectivity index (χ2v) is 9.80. The fourth-order valence-electron chi connectivity index (χ4n) is 2.59. The Bertz CT molecular complexity index is 1180. The van der Waals surface area contributed by atoms with Gasteiger partial charge in [0.25, 0.3) is 0 Å². The van der Waals surface area contributed by atoms with E-state index in [4.69, 9.17) is 5.26 Å². The summed E-state index contributed by atoms with van der Waals surface area (Å²) in [6, 6.07) is 0. The molecule has 0 bridgehead atoms. The molecule has 0 rings (SSSR count). The summed E-state index contributed by atoms with van der Waals surface area (Å²) >= 11 is -1.06. The van der Waals surface area contributed by atoms with Gasteiger partial charge in [-0.2, -0.15) is 87.8 Å². The minimum atomic E-state index is -8.13. The maximum absolute atomic E-state index is 13.8. The van der Waals surface area contributed by atoms with Crippen LogP contribution < -0.4 is 0 Å². The van der Waals surface area contributed by atoms with Gasteiger partial charge in [-0.25, -0.2) is 22.8 Å². The molecule has 0 saturated carbocycles. The molecule has 0 aromatic rings. The van der Waals surface area contributed by atoms with Gasteiger partial charge in [-0.05, 0) is 0 Å². The van der Waals surface area contributed by atoms with Crippen LogP contribution in [-0.2, 0) is 28.4 Å². The molecule has 0 amide bonds. The lowest BCUT2D eigenvalue weighted by Crippen LogP contribution is -2.69. The van der Waals surface area contributed by atoms with Gasteiger partial charge in [-0.1, -0.05) is 5.04 Å². The van der Waals surface area contributed by atoms with Gasteiger partial charge in [-0.15, -0.1) is 4.33 Å². The summed E-state index contributed by atoms with van der Waals surface area (Å²) in [6.45, 7) is -7.33. The second-order valence-electron chi connectivity index (χ2n) is 8.90. The van der Waals surface area contributed by atoms with E-state index in [1.165, 1.54) is 0 Å². The second kappa shape index (κ2) is 14.8. The number of alkyl halides is 24. The van der Waals surface area contributed by atoms with Crippen molar-refractivity contribution in [3.05, 3.63) is 0 Å². The number of carbonyl (C=O) groups is 2. The van der Waals surface area contributed by atoms with Crippen molar-refractivity contribution in [2.24, 2.45) is 0 Å². The highest BCUT2D eigenvalue weighted by Crippen LogP contribution is 2.59. The average Bonchev–Trinajstić information content (AvgIpc) is 2.95. The van der Waals surface area contributed by atoms with E-state index in [2.05, 4.69) is 18.8 Å². The molecule has 0 aromatic heterocycles. The fourth-order valence-corrected chi connectivity index (χ4v) is 3.07. The molecule has 1 N–H and O–H groups in total. The lowest BCUT2D eigenvalue weighted by molar-refractivity contribution is -0.432. The Balaban J connectivity index is 6.05. The first-order chi connectivity index (χ1) is 21.8. The maximum atomic E-state index is 13.8. The first-order valence-electron chi connectivity index (χ1n) is 11.1. The molecule has 1 unspecified atom stereocenters. The quantitative estimate of drug-likeness (QED) is 0.0438. The molecule has 0 aliphatic heterocycles. The van der Waals surface area contributed by atoms with Crippen LogP contribution in [0.15, 0.2) is 0 Å². The summed E-state index contributed by atoms with van der Waals surface area (Å²) in [5.41, 5.74) is 0. The molecule has 0 spiro atoms. The number of rotatable bonds is 20. The van der Waals surface area contributed by atoms with Gasteiger partial charge in [0.2, 0.25) is 0 Å². The number of halogens is 24. The SMILES string of the molecule is O=C(CC(SOOO)C(=O)OCC(F)(F)C(F)(F)C(F)(F)C(F)(F)C(F)(F)C(F)F)OCC(F)(F)C(F)(F)C(F)(F)C(F)(F)C(F)(F)C(F)F. The molecule has 0 aliphatic rings. The van der Waals surface area contributed by atoms with E-state index in [0.717, 1.165) is 0 Å². The first kappa shape index (κ1) is 47.5. The summed E-state index contributed by atoms with van der Waals surface area (Å²) in [4.78, 5) is 23.4. The van der Waals surface area contributed by atoms with Crippen molar-refractivity contribution in [3.63, 3.8) is 0 Å². The first-order valence-corrected chi connectivity index (χ1v) is 11.9. The van der Waals surface area contributed by atoms with Gasteiger partial charge in [-0.3, -0.25) is 9.59 Å². The highest BCUT2D eigenvalue weighted by atomic mass is 32.2. The Hall–Kier alpha value is -2.51. The third kappa shape index (κ3) is 8.09. The molecule has 0 heterocycles. The van der Waals surface area contributed by atoms with E-state index in [1.807, 2.05) is 0 Å². The van der Waals surface area contributed by atoms with Gasteiger partial charge in [0, 0.05) is 0 Å². The zero-order valence-electron chi connectivity index (χ0n) is 22.2. The predicted octanol–water partition coefficient (Wildman–Crippen LogP) is 7.78. The smallest absolute Gasteiger partial charge is 0.384 e. The number of ether oxygens (including phenoxy) is 2. The normalized spacial score (nSPS) is 15.8. The van der Waals surface area contributed by atoms with E-state index >= 15 is 0 Å². The minimum absolute atomic E-state index is 1.06. The average molecular weight is 826 g/mol. The maximum Gasteiger partial charge on any atom is 0.384 e.